The molecule has 8 heteroatoms. The van der Waals surface area contributed by atoms with E-state index in [0.717, 1.165) is 25.9 Å². The molecule has 24 heavy (non-hydrogen) atoms. The molecule has 0 unspecified atom stereocenters. The van der Waals surface area contributed by atoms with Gasteiger partial charge in [-0.25, -0.2) is 4.79 Å². The molecule has 0 aliphatic carbocycles. The highest BCUT2D eigenvalue weighted by molar-refractivity contribution is 5.48. The van der Waals surface area contributed by atoms with E-state index < -0.39 is 0 Å². The molecule has 2 aromatic heterocycles. The predicted octanol–water partition coefficient (Wildman–Crippen LogP) is 0.461. The van der Waals surface area contributed by atoms with Crippen molar-refractivity contribution in [2.24, 2.45) is 7.05 Å². The second kappa shape index (κ2) is 6.61. The van der Waals surface area contributed by atoms with Gasteiger partial charge in [-0.1, -0.05) is 13.8 Å². The summed E-state index contributed by atoms with van der Waals surface area (Å²) in [6.07, 6.45) is 2.18. The monoisotopic (exact) mass is 329 g/mol. The van der Waals surface area contributed by atoms with Crippen LogP contribution in [0, 0.1) is 11.3 Å². The van der Waals surface area contributed by atoms with E-state index in [1.165, 1.54) is 4.57 Å². The van der Waals surface area contributed by atoms with Gasteiger partial charge in [-0.3, -0.25) is 4.57 Å². The number of rotatable bonds is 4. The van der Waals surface area contributed by atoms with Gasteiger partial charge in [0.2, 0.25) is 5.95 Å². The van der Waals surface area contributed by atoms with Crippen LogP contribution in [0.3, 0.4) is 0 Å². The lowest BCUT2D eigenvalue weighted by molar-refractivity contribution is 0.371. The van der Waals surface area contributed by atoms with Gasteiger partial charge in [0.25, 0.3) is 0 Å². The first kappa shape index (κ1) is 16.5. The number of aromatic nitrogens is 4. The van der Waals surface area contributed by atoms with E-state index in [4.69, 9.17) is 5.26 Å². The molecule has 1 aliphatic rings. The maximum atomic E-state index is 12.3. The highest BCUT2D eigenvalue weighted by Crippen LogP contribution is 2.20. The van der Waals surface area contributed by atoms with E-state index in [1.54, 1.807) is 17.6 Å². The zero-order chi connectivity index (χ0) is 17.3. The summed E-state index contributed by atoms with van der Waals surface area (Å²) in [5.74, 6) is 0.573. The fourth-order valence-corrected chi connectivity index (χ4v) is 3.21. The van der Waals surface area contributed by atoms with Gasteiger partial charge in [-0.2, -0.15) is 19.9 Å². The van der Waals surface area contributed by atoms with Gasteiger partial charge in [0.15, 0.2) is 0 Å². The molecule has 1 N–H and O–H groups in total. The first-order valence-corrected chi connectivity index (χ1v) is 8.41. The van der Waals surface area contributed by atoms with E-state index in [1.807, 2.05) is 0 Å². The van der Waals surface area contributed by atoms with E-state index in [2.05, 4.69) is 40.2 Å². The van der Waals surface area contributed by atoms with Crippen LogP contribution >= 0.6 is 0 Å². The van der Waals surface area contributed by atoms with E-state index in [9.17, 15) is 4.79 Å². The molecule has 128 valence electrons. The normalized spacial score (nSPS) is 21.2. The minimum atomic E-state index is -0.303. The highest BCUT2D eigenvalue weighted by Gasteiger charge is 2.29. The molecule has 0 spiro atoms. The topological polar surface area (TPSA) is 91.2 Å². The van der Waals surface area contributed by atoms with Crippen LogP contribution in [0.15, 0.2) is 10.9 Å². The van der Waals surface area contributed by atoms with Crippen molar-refractivity contribution in [3.63, 3.8) is 0 Å². The minimum absolute atomic E-state index is 0.214. The van der Waals surface area contributed by atoms with Crippen molar-refractivity contribution in [2.75, 3.05) is 18.0 Å². The summed E-state index contributed by atoms with van der Waals surface area (Å²) in [5.41, 5.74) is 1.01. The first-order valence-electron chi connectivity index (χ1n) is 8.41. The Morgan fingerprint density at radius 1 is 1.42 bits per heavy atom. The smallest absolute Gasteiger partial charge is 0.335 e. The Kier molecular flexibility index (Phi) is 4.53. The van der Waals surface area contributed by atoms with Crippen LogP contribution in [0.2, 0.25) is 0 Å². The molecule has 1 aliphatic heterocycles. The molecule has 3 rings (SSSR count). The van der Waals surface area contributed by atoms with Gasteiger partial charge in [0.1, 0.15) is 5.65 Å². The summed E-state index contributed by atoms with van der Waals surface area (Å²) < 4.78 is 3.17. The average molecular weight is 329 g/mol. The molecule has 3 heterocycles. The number of hydrogen-bond donors (Lipinski definition) is 1. The summed E-state index contributed by atoms with van der Waals surface area (Å²) in [4.78, 5) is 18.8. The molecule has 0 saturated carbocycles. The van der Waals surface area contributed by atoms with Gasteiger partial charge in [-0.05, 0) is 12.8 Å². The Morgan fingerprint density at radius 3 is 2.88 bits per heavy atom. The van der Waals surface area contributed by atoms with Gasteiger partial charge in [0.05, 0.1) is 18.2 Å². The highest BCUT2D eigenvalue weighted by atomic mass is 16.1. The van der Waals surface area contributed by atoms with Crippen LogP contribution in [0.1, 0.15) is 32.4 Å². The first-order chi connectivity index (χ1) is 11.6. The third-order valence-electron chi connectivity index (χ3n) is 4.74. The molecule has 0 bridgehead atoms. The van der Waals surface area contributed by atoms with Gasteiger partial charge in [-0.15, -0.1) is 0 Å². The molecule has 0 radical (unpaired) electrons. The molecule has 1 saturated heterocycles. The number of hydrogen-bond acceptors (Lipinski definition) is 6. The zero-order valence-electron chi connectivity index (χ0n) is 14.4. The quantitative estimate of drug-likeness (QED) is 0.876. The largest absolute Gasteiger partial charge is 0.352 e. The summed E-state index contributed by atoms with van der Waals surface area (Å²) in [7, 11) is 1.68. The van der Waals surface area contributed by atoms with Crippen molar-refractivity contribution in [3.05, 3.63) is 22.2 Å². The maximum absolute atomic E-state index is 12.3. The standard InChI is InChI=1S/C16H23N7O/c1-4-11-10-22(13(5-2)9-18-11)15-19-16(24)21(3)14-8-12(6-7-17)20-23(14)15/h8,11,13,18H,4-6,9-10H2,1-3H3/t11-,13+/m1/s1. The fourth-order valence-electron chi connectivity index (χ4n) is 3.21. The molecule has 0 amide bonds. The average Bonchev–Trinajstić information content (AvgIpc) is 3.02. The number of piperazine rings is 1. The van der Waals surface area contributed by atoms with Crippen LogP contribution in [0.5, 0.6) is 0 Å². The van der Waals surface area contributed by atoms with Crippen LogP contribution in [-0.2, 0) is 13.5 Å². The number of nitrogens with one attached hydrogen (secondary N) is 1. The molecular weight excluding hydrogens is 306 g/mol. The Morgan fingerprint density at radius 2 is 2.21 bits per heavy atom. The van der Waals surface area contributed by atoms with Gasteiger partial charge in [0, 0.05) is 38.3 Å². The summed E-state index contributed by atoms with van der Waals surface area (Å²) in [5, 5.41) is 17.0. The van der Waals surface area contributed by atoms with Crippen LogP contribution in [-0.4, -0.2) is 44.3 Å². The van der Waals surface area contributed by atoms with Crippen LogP contribution in [0.4, 0.5) is 5.95 Å². The van der Waals surface area contributed by atoms with Crippen LogP contribution in [0.25, 0.3) is 5.65 Å². The number of aryl methyl sites for hydroxylation is 1. The van der Waals surface area contributed by atoms with E-state index in [0.29, 0.717) is 23.3 Å². The summed E-state index contributed by atoms with van der Waals surface area (Å²) in [6.45, 7) is 5.93. The molecule has 0 aromatic carbocycles. The van der Waals surface area contributed by atoms with Crippen molar-refractivity contribution >= 4 is 11.6 Å². The van der Waals surface area contributed by atoms with Crippen molar-refractivity contribution in [2.45, 2.75) is 45.2 Å². The minimum Gasteiger partial charge on any atom is -0.335 e. The maximum Gasteiger partial charge on any atom is 0.352 e. The summed E-state index contributed by atoms with van der Waals surface area (Å²) in [6, 6.07) is 4.52. The lowest BCUT2D eigenvalue weighted by atomic mass is 10.1. The summed E-state index contributed by atoms with van der Waals surface area (Å²) >= 11 is 0. The van der Waals surface area contributed by atoms with Gasteiger partial charge < -0.3 is 10.2 Å². The van der Waals surface area contributed by atoms with Crippen molar-refractivity contribution < 1.29 is 0 Å². The Bertz CT molecular complexity index is 831. The number of nitrogens with zero attached hydrogens (tertiary/aromatic N) is 6. The molecule has 2 atom stereocenters. The number of anilines is 1. The molecule has 8 nitrogen and oxygen atoms in total. The van der Waals surface area contributed by atoms with E-state index in [-0.39, 0.29) is 18.2 Å². The van der Waals surface area contributed by atoms with E-state index >= 15 is 0 Å². The Hall–Kier alpha value is -2.40. The lowest BCUT2D eigenvalue weighted by Crippen LogP contribution is -2.57. The SMILES string of the molecule is CC[C@@H]1CN(c2nc(=O)n(C)c3cc(CC#N)nn23)[C@@H](CC)CN1. The molecular formula is C16H23N7O. The number of nitriles is 1. The molecule has 2 aromatic rings. The predicted molar refractivity (Wildman–Crippen MR) is 91.1 cm³/mol. The zero-order valence-corrected chi connectivity index (χ0v) is 14.4. The second-order valence-electron chi connectivity index (χ2n) is 6.22. The van der Waals surface area contributed by atoms with Crippen molar-refractivity contribution in [3.8, 4) is 6.07 Å². The third-order valence-corrected chi connectivity index (χ3v) is 4.74. The van der Waals surface area contributed by atoms with Gasteiger partial charge >= 0.3 is 5.69 Å². The Labute approximate surface area is 140 Å². The van der Waals surface area contributed by atoms with Crippen molar-refractivity contribution in [1.29, 1.82) is 5.26 Å². The second-order valence-corrected chi connectivity index (χ2v) is 6.22. The fraction of sp³-hybridized carbons (Fsp3) is 0.625. The van der Waals surface area contributed by atoms with Crippen LogP contribution < -0.4 is 15.9 Å². The number of fused-ring (bicyclic) bond motifs is 1. The molecule has 1 fully saturated rings. The Balaban J connectivity index is 2.15. The third kappa shape index (κ3) is 2.76. The van der Waals surface area contributed by atoms with Crippen molar-refractivity contribution in [1.82, 2.24) is 24.5 Å². The lowest BCUT2D eigenvalue weighted by Gasteiger charge is -2.40.